The van der Waals surface area contributed by atoms with Gasteiger partial charge in [0.05, 0.1) is 0 Å². The number of carbonyl (C=O) groups is 1. The van der Waals surface area contributed by atoms with Gasteiger partial charge < -0.3 is 21.1 Å². The largest absolute Gasteiger partial charge is 0.473 e. The van der Waals surface area contributed by atoms with E-state index in [1.54, 1.807) is 24.3 Å². The molecule has 2 amide bonds. The van der Waals surface area contributed by atoms with E-state index in [-0.39, 0.29) is 12.8 Å². The molecule has 0 fully saturated rings. The van der Waals surface area contributed by atoms with Gasteiger partial charge in [-0.15, -0.1) is 0 Å². The van der Waals surface area contributed by atoms with E-state index in [2.05, 4.69) is 10.6 Å². The Kier molecular flexibility index (Phi) is 4.66. The van der Waals surface area contributed by atoms with Gasteiger partial charge in [0.25, 0.3) is 0 Å². The van der Waals surface area contributed by atoms with E-state index in [0.717, 1.165) is 16.9 Å². The SMILES string of the molecule is Cc1cccc(OCNC(=O)Nc2ccc(N)cc2)c1C. The molecule has 0 saturated heterocycles. The van der Waals surface area contributed by atoms with Crippen molar-refractivity contribution in [3.8, 4) is 5.75 Å². The maximum atomic E-state index is 11.7. The van der Waals surface area contributed by atoms with Crippen LogP contribution in [0.1, 0.15) is 11.1 Å². The van der Waals surface area contributed by atoms with Crippen LogP contribution in [0.2, 0.25) is 0 Å². The van der Waals surface area contributed by atoms with E-state index < -0.39 is 0 Å². The summed E-state index contributed by atoms with van der Waals surface area (Å²) in [6.45, 7) is 4.10. The number of urea groups is 1. The summed E-state index contributed by atoms with van der Waals surface area (Å²) < 4.78 is 5.55. The van der Waals surface area contributed by atoms with Gasteiger partial charge in [0.1, 0.15) is 5.75 Å². The number of nitrogens with two attached hydrogens (primary N) is 1. The Bertz CT molecular complexity index is 624. The molecular weight excluding hydrogens is 266 g/mol. The molecule has 5 heteroatoms. The fourth-order valence-electron chi connectivity index (χ4n) is 1.80. The first kappa shape index (κ1) is 14.7. The van der Waals surface area contributed by atoms with Gasteiger partial charge in [-0.3, -0.25) is 0 Å². The van der Waals surface area contributed by atoms with Crippen molar-refractivity contribution >= 4 is 17.4 Å². The molecule has 5 nitrogen and oxygen atoms in total. The van der Waals surface area contributed by atoms with E-state index in [0.29, 0.717) is 11.4 Å². The molecule has 0 heterocycles. The smallest absolute Gasteiger partial charge is 0.321 e. The number of anilines is 2. The van der Waals surface area contributed by atoms with Gasteiger partial charge in [-0.1, -0.05) is 12.1 Å². The van der Waals surface area contributed by atoms with Gasteiger partial charge in [-0.25, -0.2) is 4.79 Å². The van der Waals surface area contributed by atoms with E-state index in [1.165, 1.54) is 0 Å². The Morgan fingerprint density at radius 3 is 2.57 bits per heavy atom. The molecule has 0 aromatic heterocycles. The van der Waals surface area contributed by atoms with E-state index in [1.807, 2.05) is 32.0 Å². The molecule has 0 unspecified atom stereocenters. The standard InChI is InChI=1S/C16H19N3O2/c1-11-4-3-5-15(12(11)2)21-10-18-16(20)19-14-8-6-13(17)7-9-14/h3-9H,10,17H2,1-2H3,(H2,18,19,20). The number of rotatable bonds is 4. The number of aryl methyl sites for hydroxylation is 1. The van der Waals surface area contributed by atoms with Gasteiger partial charge in [-0.05, 0) is 55.3 Å². The van der Waals surface area contributed by atoms with Gasteiger partial charge in [0.2, 0.25) is 0 Å². The van der Waals surface area contributed by atoms with Crippen LogP contribution in [-0.2, 0) is 0 Å². The lowest BCUT2D eigenvalue weighted by molar-refractivity contribution is 0.234. The summed E-state index contributed by atoms with van der Waals surface area (Å²) in [4.78, 5) is 11.7. The third kappa shape index (κ3) is 4.14. The molecule has 110 valence electrons. The average Bonchev–Trinajstić information content (AvgIpc) is 2.46. The Balaban J connectivity index is 1.81. The molecule has 0 saturated carbocycles. The molecule has 2 aromatic rings. The average molecular weight is 285 g/mol. The molecule has 4 N–H and O–H groups in total. The van der Waals surface area contributed by atoms with Crippen LogP contribution in [0.5, 0.6) is 5.75 Å². The lowest BCUT2D eigenvalue weighted by Crippen LogP contribution is -2.32. The van der Waals surface area contributed by atoms with Gasteiger partial charge in [0, 0.05) is 11.4 Å². The third-order valence-corrected chi connectivity index (χ3v) is 3.18. The lowest BCUT2D eigenvalue weighted by atomic mass is 10.1. The number of hydrogen-bond acceptors (Lipinski definition) is 3. The van der Waals surface area contributed by atoms with Crippen molar-refractivity contribution in [1.29, 1.82) is 0 Å². The molecular formula is C16H19N3O2. The van der Waals surface area contributed by atoms with Crippen molar-refractivity contribution in [3.63, 3.8) is 0 Å². The van der Waals surface area contributed by atoms with Crippen LogP contribution in [0, 0.1) is 13.8 Å². The molecule has 0 aliphatic carbocycles. The molecule has 2 rings (SSSR count). The summed E-state index contributed by atoms with van der Waals surface area (Å²) in [6.07, 6.45) is 0. The second-order valence-corrected chi connectivity index (χ2v) is 4.74. The summed E-state index contributed by atoms with van der Waals surface area (Å²) in [6, 6.07) is 12.4. The first-order chi connectivity index (χ1) is 10.1. The van der Waals surface area contributed by atoms with Crippen molar-refractivity contribution in [1.82, 2.24) is 5.32 Å². The Morgan fingerprint density at radius 2 is 1.86 bits per heavy atom. The highest BCUT2D eigenvalue weighted by molar-refractivity contribution is 5.89. The molecule has 0 spiro atoms. The highest BCUT2D eigenvalue weighted by Crippen LogP contribution is 2.20. The summed E-state index contributed by atoms with van der Waals surface area (Å²) >= 11 is 0. The van der Waals surface area contributed by atoms with Crippen LogP contribution in [0.3, 0.4) is 0 Å². The second kappa shape index (κ2) is 6.65. The zero-order valence-electron chi connectivity index (χ0n) is 12.1. The minimum Gasteiger partial charge on any atom is -0.473 e. The fraction of sp³-hybridized carbons (Fsp3) is 0.188. The number of hydrogen-bond donors (Lipinski definition) is 3. The number of nitrogen functional groups attached to an aromatic ring is 1. The lowest BCUT2D eigenvalue weighted by Gasteiger charge is -2.12. The second-order valence-electron chi connectivity index (χ2n) is 4.74. The van der Waals surface area contributed by atoms with Crippen LogP contribution in [0.25, 0.3) is 0 Å². The zero-order chi connectivity index (χ0) is 15.2. The van der Waals surface area contributed by atoms with Crippen LogP contribution in [0.15, 0.2) is 42.5 Å². The van der Waals surface area contributed by atoms with Crippen LogP contribution in [0.4, 0.5) is 16.2 Å². The van der Waals surface area contributed by atoms with Crippen LogP contribution >= 0.6 is 0 Å². The number of benzene rings is 2. The topological polar surface area (TPSA) is 76.4 Å². The molecule has 0 bridgehead atoms. The van der Waals surface area contributed by atoms with Crippen molar-refractivity contribution in [2.45, 2.75) is 13.8 Å². The number of carbonyl (C=O) groups excluding carboxylic acids is 1. The van der Waals surface area contributed by atoms with Gasteiger partial charge in [-0.2, -0.15) is 0 Å². The van der Waals surface area contributed by atoms with Crippen LogP contribution in [-0.4, -0.2) is 12.8 Å². The normalized spacial score (nSPS) is 10.0. The number of amides is 2. The Hall–Kier alpha value is -2.69. The van der Waals surface area contributed by atoms with Crippen molar-refractivity contribution in [3.05, 3.63) is 53.6 Å². The molecule has 0 atom stereocenters. The third-order valence-electron chi connectivity index (χ3n) is 3.18. The molecule has 0 aliphatic heterocycles. The summed E-state index contributed by atoms with van der Waals surface area (Å²) in [5.74, 6) is 0.766. The molecule has 0 radical (unpaired) electrons. The minimum absolute atomic E-state index is 0.102. The Labute approximate surface area is 124 Å². The predicted molar refractivity (Wildman–Crippen MR) is 84.4 cm³/mol. The zero-order valence-corrected chi connectivity index (χ0v) is 12.1. The van der Waals surface area contributed by atoms with Gasteiger partial charge >= 0.3 is 6.03 Å². The fourth-order valence-corrected chi connectivity index (χ4v) is 1.80. The minimum atomic E-state index is -0.329. The van der Waals surface area contributed by atoms with Crippen molar-refractivity contribution in [2.24, 2.45) is 0 Å². The maximum Gasteiger partial charge on any atom is 0.321 e. The van der Waals surface area contributed by atoms with E-state index >= 15 is 0 Å². The van der Waals surface area contributed by atoms with Crippen molar-refractivity contribution < 1.29 is 9.53 Å². The predicted octanol–water partition coefficient (Wildman–Crippen LogP) is 3.04. The first-order valence-corrected chi connectivity index (χ1v) is 6.65. The monoisotopic (exact) mass is 285 g/mol. The van der Waals surface area contributed by atoms with Crippen molar-refractivity contribution in [2.75, 3.05) is 17.8 Å². The quantitative estimate of drug-likeness (QED) is 0.597. The molecule has 21 heavy (non-hydrogen) atoms. The van der Waals surface area contributed by atoms with Gasteiger partial charge in [0.15, 0.2) is 6.73 Å². The van der Waals surface area contributed by atoms with E-state index in [4.69, 9.17) is 10.5 Å². The highest BCUT2D eigenvalue weighted by atomic mass is 16.5. The molecule has 0 aliphatic rings. The number of ether oxygens (including phenoxy) is 1. The number of nitrogens with one attached hydrogen (secondary N) is 2. The van der Waals surface area contributed by atoms with Crippen LogP contribution < -0.4 is 21.1 Å². The summed E-state index contributed by atoms with van der Waals surface area (Å²) in [7, 11) is 0. The summed E-state index contributed by atoms with van der Waals surface area (Å²) in [5.41, 5.74) is 9.13. The molecule has 2 aromatic carbocycles. The highest BCUT2D eigenvalue weighted by Gasteiger charge is 2.04. The maximum absolute atomic E-state index is 11.7. The summed E-state index contributed by atoms with van der Waals surface area (Å²) in [5, 5.41) is 5.33. The first-order valence-electron chi connectivity index (χ1n) is 6.65. The van der Waals surface area contributed by atoms with E-state index in [9.17, 15) is 4.79 Å². The Morgan fingerprint density at radius 1 is 1.14 bits per heavy atom.